The van der Waals surface area contributed by atoms with Crippen LogP contribution in [0.5, 0.6) is 28.7 Å². The fourth-order valence-electron chi connectivity index (χ4n) is 2.85. The maximum Gasteiger partial charge on any atom is 0.397 e. The smallest absolute Gasteiger partial charge is 0.397 e. The lowest BCUT2D eigenvalue weighted by atomic mass is 9.96. The van der Waals surface area contributed by atoms with Crippen LogP contribution in [0.2, 0.25) is 0 Å². The molecule has 0 spiro atoms. The number of allylic oxidation sites excluding steroid dienone is 1. The van der Waals surface area contributed by atoms with Crippen molar-refractivity contribution in [2.75, 3.05) is 13.7 Å². The Morgan fingerprint density at radius 3 is 2.26 bits per heavy atom. The van der Waals surface area contributed by atoms with E-state index in [4.69, 9.17) is 9.29 Å². The first-order valence-electron chi connectivity index (χ1n) is 8.86. The van der Waals surface area contributed by atoms with Crippen molar-refractivity contribution in [2.45, 2.75) is 19.8 Å². The Labute approximate surface area is 178 Å². The van der Waals surface area contributed by atoms with E-state index < -0.39 is 34.3 Å². The van der Waals surface area contributed by atoms with Crippen molar-refractivity contribution in [1.29, 1.82) is 0 Å². The normalized spacial score (nSPS) is 12.0. The summed E-state index contributed by atoms with van der Waals surface area (Å²) in [6.07, 6.45) is 1.16. The largest absolute Gasteiger partial charge is 0.508 e. The molecule has 0 saturated carbocycles. The van der Waals surface area contributed by atoms with Gasteiger partial charge in [-0.15, -0.1) is 0 Å². The molecule has 0 aromatic heterocycles. The van der Waals surface area contributed by atoms with Crippen molar-refractivity contribution in [3.63, 3.8) is 0 Å². The summed E-state index contributed by atoms with van der Waals surface area (Å²) in [5, 5.41) is 39.8. The molecule has 0 aliphatic heterocycles. The number of aromatic hydroxyl groups is 4. The number of carbonyl (C=O) groups excluding carboxylic acids is 1. The van der Waals surface area contributed by atoms with Crippen molar-refractivity contribution >= 4 is 16.2 Å². The zero-order valence-corrected chi connectivity index (χ0v) is 17.5. The summed E-state index contributed by atoms with van der Waals surface area (Å²) >= 11 is 0. The molecule has 0 bridgehead atoms. The SMILES string of the molecule is COc1c(C/C=C(\C)COS(=O)(=O)O)c(O)cc(O)c1CC(=O)c1ccc(O)cc1O. The molecule has 0 aliphatic carbocycles. The van der Waals surface area contributed by atoms with E-state index >= 15 is 0 Å². The van der Waals surface area contributed by atoms with Gasteiger partial charge in [0.05, 0.1) is 19.3 Å². The minimum Gasteiger partial charge on any atom is -0.508 e. The molecular formula is C20H22O10S. The number of methoxy groups -OCH3 is 1. The topological polar surface area (TPSA) is 171 Å². The Bertz CT molecular complexity index is 1120. The second-order valence-corrected chi connectivity index (χ2v) is 7.74. The standard InChI is InChI=1S/C20H22O10S/c1-11(10-30-31(26,27)28)3-5-14-18(24)9-19(25)15(20(14)29-2)8-17(23)13-6-4-12(21)7-16(13)22/h3-4,6-7,9,21-22,24-25H,5,8,10H2,1-2H3,(H,26,27,28)/b11-3+. The third kappa shape index (κ3) is 6.35. The molecule has 2 aromatic carbocycles. The molecule has 0 radical (unpaired) electrons. The molecule has 0 unspecified atom stereocenters. The predicted octanol–water partition coefficient (Wildman–Crippen LogP) is 2.25. The van der Waals surface area contributed by atoms with Crippen LogP contribution in [-0.4, -0.2) is 52.9 Å². The zero-order chi connectivity index (χ0) is 23.3. The van der Waals surface area contributed by atoms with Gasteiger partial charge < -0.3 is 25.2 Å². The van der Waals surface area contributed by atoms with E-state index in [9.17, 15) is 33.6 Å². The van der Waals surface area contributed by atoms with Gasteiger partial charge in [-0.25, -0.2) is 4.18 Å². The average Bonchev–Trinajstić information content (AvgIpc) is 2.66. The quantitative estimate of drug-likeness (QED) is 0.215. The number of hydrogen-bond acceptors (Lipinski definition) is 9. The van der Waals surface area contributed by atoms with Gasteiger partial charge in [-0.05, 0) is 31.1 Å². The summed E-state index contributed by atoms with van der Waals surface area (Å²) in [4.78, 5) is 12.6. The van der Waals surface area contributed by atoms with Gasteiger partial charge in [0, 0.05) is 29.7 Å². The van der Waals surface area contributed by atoms with Gasteiger partial charge in [-0.1, -0.05) is 6.08 Å². The number of rotatable bonds is 9. The fraction of sp³-hybridized carbons (Fsp3) is 0.250. The highest BCUT2D eigenvalue weighted by atomic mass is 32.3. The van der Waals surface area contributed by atoms with Crippen molar-refractivity contribution in [3.8, 4) is 28.7 Å². The molecule has 11 heteroatoms. The molecule has 5 N–H and O–H groups in total. The minimum atomic E-state index is -4.60. The number of benzene rings is 2. The maximum absolute atomic E-state index is 12.6. The Morgan fingerprint density at radius 1 is 1.03 bits per heavy atom. The van der Waals surface area contributed by atoms with Crippen LogP contribution in [0.3, 0.4) is 0 Å². The summed E-state index contributed by atoms with van der Waals surface area (Å²) < 4.78 is 39.5. The zero-order valence-electron chi connectivity index (χ0n) is 16.7. The fourth-order valence-corrected chi connectivity index (χ4v) is 3.18. The Kier molecular flexibility index (Phi) is 7.50. The molecule has 0 heterocycles. The lowest BCUT2D eigenvalue weighted by Crippen LogP contribution is -2.08. The second kappa shape index (κ2) is 9.69. The van der Waals surface area contributed by atoms with Gasteiger partial charge in [0.2, 0.25) is 0 Å². The summed E-state index contributed by atoms with van der Waals surface area (Å²) in [5.41, 5.74) is 0.614. The van der Waals surface area contributed by atoms with Crippen molar-refractivity contribution in [1.82, 2.24) is 0 Å². The summed E-state index contributed by atoms with van der Waals surface area (Å²) in [7, 11) is -3.32. The molecule has 0 aliphatic rings. The Balaban J connectivity index is 2.36. The van der Waals surface area contributed by atoms with Crippen LogP contribution < -0.4 is 4.74 Å². The Morgan fingerprint density at radius 2 is 1.68 bits per heavy atom. The molecule has 31 heavy (non-hydrogen) atoms. The number of phenols is 4. The van der Waals surface area contributed by atoms with Gasteiger partial charge in [0.15, 0.2) is 5.78 Å². The third-order valence-corrected chi connectivity index (χ3v) is 4.77. The number of phenolic OH excluding ortho intramolecular Hbond substituents is 4. The third-order valence-electron chi connectivity index (χ3n) is 4.35. The number of ether oxygens (including phenoxy) is 1. The molecule has 10 nitrogen and oxygen atoms in total. The highest BCUT2D eigenvalue weighted by Gasteiger charge is 2.22. The predicted molar refractivity (Wildman–Crippen MR) is 109 cm³/mol. The summed E-state index contributed by atoms with van der Waals surface area (Å²) in [5.74, 6) is -1.92. The highest BCUT2D eigenvalue weighted by molar-refractivity contribution is 7.80. The van der Waals surface area contributed by atoms with Crippen LogP contribution >= 0.6 is 0 Å². The van der Waals surface area contributed by atoms with Gasteiger partial charge in [-0.3, -0.25) is 9.35 Å². The number of ketones is 1. The van der Waals surface area contributed by atoms with E-state index in [0.717, 1.165) is 12.1 Å². The lowest BCUT2D eigenvalue weighted by molar-refractivity contribution is 0.0988. The van der Waals surface area contributed by atoms with Gasteiger partial charge in [0.1, 0.15) is 28.7 Å². The van der Waals surface area contributed by atoms with E-state index in [1.54, 1.807) is 0 Å². The maximum atomic E-state index is 12.6. The van der Waals surface area contributed by atoms with Crippen LogP contribution in [0.1, 0.15) is 28.4 Å². The molecule has 168 valence electrons. The molecular weight excluding hydrogens is 432 g/mol. The average molecular weight is 454 g/mol. The van der Waals surface area contributed by atoms with E-state index in [1.165, 1.54) is 32.2 Å². The highest BCUT2D eigenvalue weighted by Crippen LogP contribution is 2.40. The van der Waals surface area contributed by atoms with Gasteiger partial charge in [-0.2, -0.15) is 8.42 Å². The van der Waals surface area contributed by atoms with Crippen LogP contribution in [0.4, 0.5) is 0 Å². The van der Waals surface area contributed by atoms with Crippen LogP contribution in [-0.2, 0) is 27.4 Å². The molecule has 0 saturated heterocycles. The van der Waals surface area contributed by atoms with E-state index in [0.29, 0.717) is 5.57 Å². The minimum absolute atomic E-state index is 0.0294. The number of hydrogen-bond donors (Lipinski definition) is 5. The van der Waals surface area contributed by atoms with E-state index in [-0.39, 0.29) is 46.8 Å². The first kappa shape index (κ1) is 24.0. The molecule has 0 amide bonds. The molecule has 0 atom stereocenters. The lowest BCUT2D eigenvalue weighted by Gasteiger charge is -2.16. The van der Waals surface area contributed by atoms with E-state index in [2.05, 4.69) is 4.18 Å². The van der Waals surface area contributed by atoms with Crippen molar-refractivity contribution in [2.24, 2.45) is 0 Å². The summed E-state index contributed by atoms with van der Waals surface area (Å²) in [6, 6.07) is 4.51. The first-order valence-corrected chi connectivity index (χ1v) is 10.2. The van der Waals surface area contributed by atoms with Gasteiger partial charge in [0.25, 0.3) is 0 Å². The van der Waals surface area contributed by atoms with Crippen LogP contribution in [0.25, 0.3) is 0 Å². The monoisotopic (exact) mass is 454 g/mol. The van der Waals surface area contributed by atoms with Crippen LogP contribution in [0, 0.1) is 0 Å². The first-order chi connectivity index (χ1) is 14.4. The van der Waals surface area contributed by atoms with Crippen molar-refractivity contribution in [3.05, 3.63) is 52.6 Å². The second-order valence-electron chi connectivity index (χ2n) is 6.65. The Hall–Kier alpha value is -3.28. The number of Topliss-reactive ketones (excluding diaryl/α,β-unsaturated/α-hetero) is 1. The van der Waals surface area contributed by atoms with E-state index in [1.807, 2.05) is 0 Å². The molecule has 2 aromatic rings. The van der Waals surface area contributed by atoms with Crippen LogP contribution in [0.15, 0.2) is 35.9 Å². The number of carbonyl (C=O) groups is 1. The van der Waals surface area contributed by atoms with Crippen molar-refractivity contribution < 1.29 is 47.1 Å². The summed E-state index contributed by atoms with van der Waals surface area (Å²) in [6.45, 7) is 1.12. The molecule has 2 rings (SSSR count). The van der Waals surface area contributed by atoms with Gasteiger partial charge >= 0.3 is 10.4 Å². The molecule has 0 fully saturated rings.